The van der Waals surface area contributed by atoms with Crippen molar-refractivity contribution in [3.8, 4) is 6.07 Å². The van der Waals surface area contributed by atoms with Crippen molar-refractivity contribution in [2.45, 2.75) is 37.6 Å². The van der Waals surface area contributed by atoms with E-state index < -0.39 is 10.0 Å². The van der Waals surface area contributed by atoms with Crippen LogP contribution in [0.25, 0.3) is 0 Å². The number of benzene rings is 1. The summed E-state index contributed by atoms with van der Waals surface area (Å²) in [5.74, 6) is -0.208. The van der Waals surface area contributed by atoms with E-state index in [9.17, 15) is 13.2 Å². The van der Waals surface area contributed by atoms with Crippen LogP contribution in [0.2, 0.25) is 0 Å². The summed E-state index contributed by atoms with van der Waals surface area (Å²) in [7, 11) is -3.79. The van der Waals surface area contributed by atoms with Gasteiger partial charge in [0.15, 0.2) is 0 Å². The van der Waals surface area contributed by atoms with Crippen LogP contribution in [0.15, 0.2) is 29.2 Å². The number of carbonyl (C=O) groups is 1. The lowest BCUT2D eigenvalue weighted by Gasteiger charge is -2.12. The van der Waals surface area contributed by atoms with Gasteiger partial charge in [0.25, 0.3) is 0 Å². The molecule has 0 spiro atoms. The molecular formula is C14H19N3O3S. The monoisotopic (exact) mass is 309 g/mol. The van der Waals surface area contributed by atoms with Crippen LogP contribution < -0.4 is 10.0 Å². The molecule has 0 saturated heterocycles. The first kappa shape index (κ1) is 17.1. The van der Waals surface area contributed by atoms with Crippen molar-refractivity contribution in [1.82, 2.24) is 10.0 Å². The van der Waals surface area contributed by atoms with Gasteiger partial charge in [0.1, 0.15) is 6.07 Å². The Kier molecular flexibility index (Phi) is 6.34. The molecular weight excluding hydrogens is 290 g/mol. The van der Waals surface area contributed by atoms with Crippen molar-refractivity contribution in [3.63, 3.8) is 0 Å². The van der Waals surface area contributed by atoms with Crippen molar-refractivity contribution < 1.29 is 13.2 Å². The molecule has 1 rings (SSSR count). The minimum Gasteiger partial charge on any atom is -0.354 e. The molecule has 0 aliphatic carbocycles. The van der Waals surface area contributed by atoms with E-state index in [1.807, 2.05) is 19.9 Å². The fourth-order valence-corrected chi connectivity index (χ4v) is 2.81. The number of amides is 1. The van der Waals surface area contributed by atoms with Gasteiger partial charge in [-0.2, -0.15) is 5.26 Å². The Labute approximate surface area is 125 Å². The minimum atomic E-state index is -3.79. The molecule has 0 fully saturated rings. The van der Waals surface area contributed by atoms with Crippen molar-refractivity contribution in [3.05, 3.63) is 29.8 Å². The molecule has 7 heteroatoms. The van der Waals surface area contributed by atoms with Crippen LogP contribution in [-0.4, -0.2) is 26.9 Å². The molecule has 0 aliphatic heterocycles. The van der Waals surface area contributed by atoms with E-state index in [1.54, 1.807) is 12.1 Å². The second-order valence-corrected chi connectivity index (χ2v) is 6.37. The van der Waals surface area contributed by atoms with Gasteiger partial charge in [-0.25, -0.2) is 13.1 Å². The van der Waals surface area contributed by atoms with Gasteiger partial charge >= 0.3 is 0 Å². The highest BCUT2D eigenvalue weighted by atomic mass is 32.2. The van der Waals surface area contributed by atoms with Crippen LogP contribution in [0.3, 0.4) is 0 Å². The number of carbonyl (C=O) groups excluding carboxylic acids is 1. The molecule has 1 atom stereocenters. The average Bonchev–Trinajstić information content (AvgIpc) is 2.46. The Bertz CT molecular complexity index is 635. The van der Waals surface area contributed by atoms with E-state index in [4.69, 9.17) is 5.26 Å². The maximum atomic E-state index is 12.1. The largest absolute Gasteiger partial charge is 0.354 e. The van der Waals surface area contributed by atoms with Crippen molar-refractivity contribution >= 4 is 15.9 Å². The van der Waals surface area contributed by atoms with Crippen LogP contribution >= 0.6 is 0 Å². The molecule has 0 aliphatic rings. The summed E-state index contributed by atoms with van der Waals surface area (Å²) >= 11 is 0. The summed E-state index contributed by atoms with van der Waals surface area (Å²) in [6.45, 7) is 3.82. The number of sulfonamides is 1. The number of nitrogens with zero attached hydrogens (tertiary/aromatic N) is 1. The van der Waals surface area contributed by atoms with Crippen molar-refractivity contribution in [1.29, 1.82) is 5.26 Å². The second-order valence-electron chi connectivity index (χ2n) is 4.63. The first-order valence-corrected chi connectivity index (χ1v) is 8.17. The lowest BCUT2D eigenvalue weighted by molar-refractivity contribution is -0.121. The molecule has 0 aromatic heterocycles. The molecule has 114 valence electrons. The third kappa shape index (κ3) is 5.17. The Hall–Kier alpha value is -1.91. The molecule has 0 saturated carbocycles. The quantitative estimate of drug-likeness (QED) is 0.789. The van der Waals surface area contributed by atoms with Gasteiger partial charge in [-0.1, -0.05) is 19.1 Å². The lowest BCUT2D eigenvalue weighted by Crippen LogP contribution is -2.35. The van der Waals surface area contributed by atoms with Crippen molar-refractivity contribution in [2.75, 3.05) is 6.54 Å². The number of nitriles is 1. The SMILES string of the molecule is CCC(C)NC(=O)CCNS(=O)(=O)c1ccccc1C#N. The maximum absolute atomic E-state index is 12.1. The third-order valence-corrected chi connectivity index (χ3v) is 4.48. The summed E-state index contributed by atoms with van der Waals surface area (Å²) in [5.41, 5.74) is 0.0778. The molecule has 0 radical (unpaired) electrons. The summed E-state index contributed by atoms with van der Waals surface area (Å²) in [4.78, 5) is 11.5. The van der Waals surface area contributed by atoms with Crippen LogP contribution in [0.5, 0.6) is 0 Å². The molecule has 1 aromatic rings. The molecule has 0 bridgehead atoms. The predicted molar refractivity (Wildman–Crippen MR) is 78.9 cm³/mol. The van der Waals surface area contributed by atoms with Crippen LogP contribution in [0, 0.1) is 11.3 Å². The predicted octanol–water partition coefficient (Wildman–Crippen LogP) is 1.14. The Balaban J connectivity index is 2.62. The zero-order chi connectivity index (χ0) is 15.9. The number of rotatable bonds is 7. The average molecular weight is 309 g/mol. The highest BCUT2D eigenvalue weighted by molar-refractivity contribution is 7.89. The van der Waals surface area contributed by atoms with Crippen LogP contribution in [-0.2, 0) is 14.8 Å². The Morgan fingerprint density at radius 1 is 1.38 bits per heavy atom. The standard InChI is InChI=1S/C14H19N3O3S/c1-3-11(2)17-14(18)8-9-16-21(19,20)13-7-5-4-6-12(13)10-15/h4-7,11,16H,3,8-9H2,1-2H3,(H,17,18). The van der Waals surface area contributed by atoms with E-state index in [1.165, 1.54) is 12.1 Å². The van der Waals surface area contributed by atoms with E-state index in [0.29, 0.717) is 0 Å². The fraction of sp³-hybridized carbons (Fsp3) is 0.429. The smallest absolute Gasteiger partial charge is 0.241 e. The minimum absolute atomic E-state index is 0.00956. The number of hydrogen-bond donors (Lipinski definition) is 2. The first-order valence-electron chi connectivity index (χ1n) is 6.69. The summed E-state index contributed by atoms with van der Waals surface area (Å²) in [6.07, 6.45) is 0.866. The maximum Gasteiger partial charge on any atom is 0.241 e. The van der Waals surface area contributed by atoms with E-state index >= 15 is 0 Å². The van der Waals surface area contributed by atoms with Crippen LogP contribution in [0.1, 0.15) is 32.3 Å². The molecule has 1 aromatic carbocycles. The van der Waals surface area contributed by atoms with Gasteiger partial charge in [-0.3, -0.25) is 4.79 Å². The normalized spacial score (nSPS) is 12.4. The van der Waals surface area contributed by atoms with Gasteiger partial charge in [0.2, 0.25) is 15.9 Å². The molecule has 1 amide bonds. The molecule has 2 N–H and O–H groups in total. The summed E-state index contributed by atoms with van der Waals surface area (Å²) < 4.78 is 26.5. The third-order valence-electron chi connectivity index (χ3n) is 2.96. The van der Waals surface area contributed by atoms with Crippen LogP contribution in [0.4, 0.5) is 0 Å². The van der Waals surface area contributed by atoms with E-state index in [0.717, 1.165) is 6.42 Å². The zero-order valence-electron chi connectivity index (χ0n) is 12.1. The van der Waals surface area contributed by atoms with Gasteiger partial charge in [-0.05, 0) is 25.5 Å². The lowest BCUT2D eigenvalue weighted by atomic mass is 10.2. The molecule has 1 unspecified atom stereocenters. The van der Waals surface area contributed by atoms with Crippen molar-refractivity contribution in [2.24, 2.45) is 0 Å². The van der Waals surface area contributed by atoms with Gasteiger partial charge < -0.3 is 5.32 Å². The Morgan fingerprint density at radius 3 is 2.67 bits per heavy atom. The first-order chi connectivity index (χ1) is 9.90. The summed E-state index contributed by atoms with van der Waals surface area (Å²) in [5, 5.41) is 11.7. The number of nitrogens with one attached hydrogen (secondary N) is 2. The van der Waals surface area contributed by atoms with E-state index in [-0.39, 0.29) is 35.4 Å². The fourth-order valence-electron chi connectivity index (χ4n) is 1.62. The second kappa shape index (κ2) is 7.76. The topological polar surface area (TPSA) is 99.1 Å². The molecule has 21 heavy (non-hydrogen) atoms. The number of hydrogen-bond acceptors (Lipinski definition) is 4. The Morgan fingerprint density at radius 2 is 2.05 bits per heavy atom. The van der Waals surface area contributed by atoms with Gasteiger partial charge in [0.05, 0.1) is 10.5 Å². The highest BCUT2D eigenvalue weighted by Crippen LogP contribution is 2.13. The molecule has 0 heterocycles. The zero-order valence-corrected chi connectivity index (χ0v) is 12.9. The van der Waals surface area contributed by atoms with Gasteiger partial charge in [-0.15, -0.1) is 0 Å². The molecule has 6 nitrogen and oxygen atoms in total. The summed E-state index contributed by atoms with van der Waals surface area (Å²) in [6, 6.07) is 7.84. The highest BCUT2D eigenvalue weighted by Gasteiger charge is 2.18. The van der Waals surface area contributed by atoms with Gasteiger partial charge in [0, 0.05) is 19.0 Å². The van der Waals surface area contributed by atoms with E-state index in [2.05, 4.69) is 10.0 Å².